The maximum absolute atomic E-state index is 13.4. The van der Waals surface area contributed by atoms with Crippen LogP contribution in [-0.4, -0.2) is 0 Å². The zero-order valence-corrected chi connectivity index (χ0v) is 12.8. The lowest BCUT2D eigenvalue weighted by molar-refractivity contribution is 0.617. The third-order valence-corrected chi connectivity index (χ3v) is 4.38. The van der Waals surface area contributed by atoms with Crippen molar-refractivity contribution in [3.05, 3.63) is 69.2 Å². The van der Waals surface area contributed by atoms with E-state index in [4.69, 9.17) is 11.6 Å². The van der Waals surface area contributed by atoms with Crippen molar-refractivity contribution in [1.82, 2.24) is 0 Å². The third kappa shape index (κ3) is 2.98. The van der Waals surface area contributed by atoms with Crippen molar-refractivity contribution < 1.29 is 8.78 Å². The Kier molecular flexibility index (Phi) is 4.26. The highest BCUT2D eigenvalue weighted by Crippen LogP contribution is 2.38. The molecule has 19 heavy (non-hydrogen) atoms. The van der Waals surface area contributed by atoms with Crippen LogP contribution in [0.1, 0.15) is 27.1 Å². The summed E-state index contributed by atoms with van der Waals surface area (Å²) in [5.74, 6) is -0.649. The van der Waals surface area contributed by atoms with Crippen molar-refractivity contribution in [2.45, 2.75) is 18.7 Å². The van der Waals surface area contributed by atoms with E-state index in [0.717, 1.165) is 16.7 Å². The van der Waals surface area contributed by atoms with Crippen LogP contribution in [0, 0.1) is 25.5 Å². The predicted molar refractivity (Wildman–Crippen MR) is 78.1 cm³/mol. The van der Waals surface area contributed by atoms with Crippen LogP contribution in [0.2, 0.25) is 5.02 Å². The van der Waals surface area contributed by atoms with Gasteiger partial charge in [-0.25, -0.2) is 8.78 Å². The summed E-state index contributed by atoms with van der Waals surface area (Å²) in [7, 11) is 0. The smallest absolute Gasteiger partial charge is 0.127 e. The first-order valence-electron chi connectivity index (χ1n) is 5.76. The van der Waals surface area contributed by atoms with Gasteiger partial charge < -0.3 is 0 Å². The molecule has 2 rings (SSSR count). The van der Waals surface area contributed by atoms with Gasteiger partial charge in [0.25, 0.3) is 0 Å². The van der Waals surface area contributed by atoms with E-state index in [1.807, 2.05) is 6.92 Å². The van der Waals surface area contributed by atoms with Gasteiger partial charge in [-0.15, -0.1) is 0 Å². The van der Waals surface area contributed by atoms with Crippen LogP contribution in [0.15, 0.2) is 30.3 Å². The molecule has 0 bridgehead atoms. The van der Waals surface area contributed by atoms with Crippen LogP contribution in [0.4, 0.5) is 8.78 Å². The summed E-state index contributed by atoms with van der Waals surface area (Å²) in [6.07, 6.45) is 0. The van der Waals surface area contributed by atoms with Crippen molar-refractivity contribution >= 4 is 27.5 Å². The number of halogens is 4. The minimum Gasteiger partial charge on any atom is -0.207 e. The van der Waals surface area contributed by atoms with Gasteiger partial charge >= 0.3 is 0 Å². The van der Waals surface area contributed by atoms with E-state index < -0.39 is 0 Å². The Bertz CT molecular complexity index is 626. The first-order valence-corrected chi connectivity index (χ1v) is 7.05. The van der Waals surface area contributed by atoms with Crippen LogP contribution < -0.4 is 0 Å². The Morgan fingerprint density at radius 1 is 1.00 bits per heavy atom. The molecule has 2 aromatic rings. The molecule has 0 spiro atoms. The average Bonchev–Trinajstić information content (AvgIpc) is 2.36. The van der Waals surface area contributed by atoms with Crippen molar-refractivity contribution in [2.75, 3.05) is 0 Å². The zero-order valence-electron chi connectivity index (χ0n) is 10.5. The number of rotatable bonds is 2. The normalized spacial score (nSPS) is 12.5. The monoisotopic (exact) mass is 344 g/mol. The van der Waals surface area contributed by atoms with Gasteiger partial charge in [0, 0.05) is 5.02 Å². The topological polar surface area (TPSA) is 0 Å². The Morgan fingerprint density at radius 3 is 2.37 bits per heavy atom. The van der Waals surface area contributed by atoms with Gasteiger partial charge in [-0.3, -0.25) is 0 Å². The molecule has 0 radical (unpaired) electrons. The van der Waals surface area contributed by atoms with Crippen LogP contribution in [-0.2, 0) is 0 Å². The maximum atomic E-state index is 13.4. The van der Waals surface area contributed by atoms with Gasteiger partial charge in [-0.05, 0) is 54.3 Å². The zero-order chi connectivity index (χ0) is 14.2. The molecule has 0 aliphatic rings. The molecule has 0 aliphatic carbocycles. The highest BCUT2D eigenvalue weighted by Gasteiger charge is 2.18. The van der Waals surface area contributed by atoms with Gasteiger partial charge in [-0.1, -0.05) is 39.7 Å². The van der Waals surface area contributed by atoms with Crippen LogP contribution in [0.5, 0.6) is 0 Å². The lowest BCUT2D eigenvalue weighted by Gasteiger charge is -2.16. The van der Waals surface area contributed by atoms with Gasteiger partial charge in [0.05, 0.1) is 4.83 Å². The number of benzene rings is 2. The fourth-order valence-electron chi connectivity index (χ4n) is 1.93. The molecule has 0 aromatic heterocycles. The van der Waals surface area contributed by atoms with Crippen LogP contribution in [0.25, 0.3) is 0 Å². The summed E-state index contributed by atoms with van der Waals surface area (Å²) in [6.45, 7) is 3.57. The fraction of sp³-hybridized carbons (Fsp3) is 0.200. The molecule has 0 saturated heterocycles. The summed E-state index contributed by atoms with van der Waals surface area (Å²) in [4.78, 5) is -0.269. The molecule has 4 heteroatoms. The summed E-state index contributed by atoms with van der Waals surface area (Å²) in [6, 6.07) is 7.56. The highest BCUT2D eigenvalue weighted by molar-refractivity contribution is 9.09. The molecular formula is C15H12BrClF2. The molecular weight excluding hydrogens is 334 g/mol. The molecule has 0 N–H and O–H groups in total. The highest BCUT2D eigenvalue weighted by atomic mass is 79.9. The maximum Gasteiger partial charge on any atom is 0.127 e. The van der Waals surface area contributed by atoms with E-state index in [0.29, 0.717) is 10.6 Å². The van der Waals surface area contributed by atoms with Gasteiger partial charge in [0.2, 0.25) is 0 Å². The summed E-state index contributed by atoms with van der Waals surface area (Å²) < 4.78 is 26.8. The SMILES string of the molecule is Cc1cc(C(Br)c2cc(F)ccc2C)c(Cl)cc1F. The van der Waals surface area contributed by atoms with Crippen molar-refractivity contribution in [3.8, 4) is 0 Å². The van der Waals surface area contributed by atoms with Crippen molar-refractivity contribution in [2.24, 2.45) is 0 Å². The Labute approximate surface area is 124 Å². The van der Waals surface area contributed by atoms with Gasteiger partial charge in [-0.2, -0.15) is 0 Å². The Balaban J connectivity index is 2.52. The minimum absolute atomic E-state index is 0.269. The molecule has 0 aliphatic heterocycles. The summed E-state index contributed by atoms with van der Waals surface area (Å²) in [5, 5.41) is 0.327. The third-order valence-electron chi connectivity index (χ3n) is 3.07. The first kappa shape index (κ1) is 14.5. The predicted octanol–water partition coefficient (Wildman–Crippen LogP) is 5.72. The molecule has 0 amide bonds. The second kappa shape index (κ2) is 5.59. The lowest BCUT2D eigenvalue weighted by atomic mass is 9.99. The molecule has 0 nitrogen and oxygen atoms in total. The standard InChI is InChI=1S/C15H12BrClF2/c1-8-3-4-10(18)6-11(8)15(16)12-5-9(2)14(19)7-13(12)17/h3-7,15H,1-2H3. The largest absolute Gasteiger partial charge is 0.207 e. The fourth-order valence-corrected chi connectivity index (χ4v) is 3.19. The van der Waals surface area contributed by atoms with E-state index in [-0.39, 0.29) is 16.5 Å². The lowest BCUT2D eigenvalue weighted by Crippen LogP contribution is -1.99. The molecule has 0 heterocycles. The van der Waals surface area contributed by atoms with Crippen molar-refractivity contribution in [3.63, 3.8) is 0 Å². The number of hydrogen-bond acceptors (Lipinski definition) is 0. The number of alkyl halides is 1. The Morgan fingerprint density at radius 2 is 1.68 bits per heavy atom. The van der Waals surface area contributed by atoms with E-state index in [1.165, 1.54) is 18.2 Å². The van der Waals surface area contributed by atoms with Crippen LogP contribution >= 0.6 is 27.5 Å². The van der Waals surface area contributed by atoms with Crippen LogP contribution in [0.3, 0.4) is 0 Å². The van der Waals surface area contributed by atoms with Gasteiger partial charge in [0.1, 0.15) is 11.6 Å². The second-order valence-corrected chi connectivity index (χ2v) is 5.81. The first-order chi connectivity index (χ1) is 8.90. The molecule has 100 valence electrons. The molecule has 0 saturated carbocycles. The Hall–Kier alpha value is -0.930. The molecule has 2 aromatic carbocycles. The van der Waals surface area contributed by atoms with E-state index in [9.17, 15) is 8.78 Å². The van der Waals surface area contributed by atoms with E-state index >= 15 is 0 Å². The quantitative estimate of drug-likeness (QED) is 0.611. The van der Waals surface area contributed by atoms with Gasteiger partial charge in [0.15, 0.2) is 0 Å². The molecule has 0 fully saturated rings. The average molecular weight is 346 g/mol. The minimum atomic E-state index is -0.343. The molecule has 1 atom stereocenters. The molecule has 1 unspecified atom stereocenters. The summed E-state index contributed by atoms with van der Waals surface area (Å²) in [5.41, 5.74) is 2.97. The summed E-state index contributed by atoms with van der Waals surface area (Å²) >= 11 is 9.59. The number of hydrogen-bond donors (Lipinski definition) is 0. The van der Waals surface area contributed by atoms with E-state index in [2.05, 4.69) is 15.9 Å². The number of aryl methyl sites for hydroxylation is 2. The van der Waals surface area contributed by atoms with Crippen molar-refractivity contribution in [1.29, 1.82) is 0 Å². The second-order valence-electron chi connectivity index (χ2n) is 4.49. The van der Waals surface area contributed by atoms with E-state index in [1.54, 1.807) is 19.1 Å².